The first-order chi connectivity index (χ1) is 9.47. The maximum Gasteiger partial charge on any atom is 0.310 e. The summed E-state index contributed by atoms with van der Waals surface area (Å²) in [5.74, 6) is 0.154. The Morgan fingerprint density at radius 3 is 2.40 bits per heavy atom. The Hall–Kier alpha value is -1.10. The first kappa shape index (κ1) is 15.3. The molecule has 2 aliphatic heterocycles. The van der Waals surface area contributed by atoms with E-state index in [2.05, 4.69) is 6.92 Å². The fourth-order valence-corrected chi connectivity index (χ4v) is 3.26. The zero-order valence-corrected chi connectivity index (χ0v) is 12.6. The van der Waals surface area contributed by atoms with Crippen LogP contribution in [0, 0.1) is 11.3 Å². The second-order valence-corrected chi connectivity index (χ2v) is 6.46. The SMILES string of the molecule is CCC1(C(=O)O)CCN(CC(=O)N2CCC(C)CC2)C1. The number of hydrogen-bond donors (Lipinski definition) is 1. The minimum Gasteiger partial charge on any atom is -0.481 e. The van der Waals surface area contributed by atoms with Crippen molar-refractivity contribution < 1.29 is 14.7 Å². The van der Waals surface area contributed by atoms with Crippen LogP contribution in [0.4, 0.5) is 0 Å². The normalized spacial score (nSPS) is 28.8. The van der Waals surface area contributed by atoms with Gasteiger partial charge in [0.15, 0.2) is 0 Å². The third kappa shape index (κ3) is 3.14. The molecule has 2 heterocycles. The monoisotopic (exact) mass is 282 g/mol. The van der Waals surface area contributed by atoms with Crippen LogP contribution in [0.3, 0.4) is 0 Å². The molecule has 0 radical (unpaired) electrons. The first-order valence-electron chi connectivity index (χ1n) is 7.70. The molecule has 1 unspecified atom stereocenters. The molecule has 1 amide bonds. The molecule has 0 bridgehead atoms. The topological polar surface area (TPSA) is 60.9 Å². The number of rotatable bonds is 4. The van der Waals surface area contributed by atoms with Gasteiger partial charge < -0.3 is 10.0 Å². The minimum absolute atomic E-state index is 0.161. The van der Waals surface area contributed by atoms with Crippen molar-refractivity contribution in [1.82, 2.24) is 9.80 Å². The quantitative estimate of drug-likeness (QED) is 0.847. The van der Waals surface area contributed by atoms with Crippen LogP contribution in [-0.4, -0.2) is 59.5 Å². The summed E-state index contributed by atoms with van der Waals surface area (Å²) >= 11 is 0. The number of carbonyl (C=O) groups excluding carboxylic acids is 1. The molecule has 0 saturated carbocycles. The number of amides is 1. The molecule has 20 heavy (non-hydrogen) atoms. The van der Waals surface area contributed by atoms with Crippen LogP contribution >= 0.6 is 0 Å². The molecule has 5 heteroatoms. The van der Waals surface area contributed by atoms with Crippen LogP contribution in [0.1, 0.15) is 39.5 Å². The Bertz CT molecular complexity index is 377. The van der Waals surface area contributed by atoms with Crippen LogP contribution in [0.25, 0.3) is 0 Å². The van der Waals surface area contributed by atoms with Gasteiger partial charge in [0, 0.05) is 19.6 Å². The van der Waals surface area contributed by atoms with E-state index in [0.29, 0.717) is 31.8 Å². The van der Waals surface area contributed by atoms with E-state index >= 15 is 0 Å². The number of piperidine rings is 1. The van der Waals surface area contributed by atoms with Crippen molar-refractivity contribution in [3.8, 4) is 0 Å². The lowest BCUT2D eigenvalue weighted by Crippen LogP contribution is -2.44. The Balaban J connectivity index is 1.86. The van der Waals surface area contributed by atoms with Crippen molar-refractivity contribution in [3.63, 3.8) is 0 Å². The number of nitrogens with zero attached hydrogens (tertiary/aromatic N) is 2. The van der Waals surface area contributed by atoms with E-state index in [1.807, 2.05) is 16.7 Å². The predicted octanol–water partition coefficient (Wildman–Crippen LogP) is 1.43. The third-order valence-corrected chi connectivity index (χ3v) is 5.06. The minimum atomic E-state index is -0.721. The summed E-state index contributed by atoms with van der Waals surface area (Å²) in [5, 5.41) is 9.37. The maximum atomic E-state index is 12.3. The van der Waals surface area contributed by atoms with Crippen molar-refractivity contribution in [2.45, 2.75) is 39.5 Å². The van der Waals surface area contributed by atoms with Crippen molar-refractivity contribution in [3.05, 3.63) is 0 Å². The largest absolute Gasteiger partial charge is 0.481 e. The molecule has 114 valence electrons. The summed E-state index contributed by atoms with van der Waals surface area (Å²) < 4.78 is 0. The average Bonchev–Trinajstić information content (AvgIpc) is 2.84. The van der Waals surface area contributed by atoms with E-state index in [4.69, 9.17) is 0 Å². The van der Waals surface area contributed by atoms with E-state index in [1.54, 1.807) is 0 Å². The van der Waals surface area contributed by atoms with Gasteiger partial charge in [-0.05, 0) is 38.1 Å². The number of likely N-dealkylation sites (tertiary alicyclic amines) is 2. The van der Waals surface area contributed by atoms with Crippen molar-refractivity contribution >= 4 is 11.9 Å². The van der Waals surface area contributed by atoms with E-state index < -0.39 is 11.4 Å². The highest BCUT2D eigenvalue weighted by Crippen LogP contribution is 2.34. The van der Waals surface area contributed by atoms with Crippen LogP contribution < -0.4 is 0 Å². The van der Waals surface area contributed by atoms with Gasteiger partial charge in [0.1, 0.15) is 0 Å². The fourth-order valence-electron chi connectivity index (χ4n) is 3.26. The van der Waals surface area contributed by atoms with Crippen molar-refractivity contribution in [2.24, 2.45) is 11.3 Å². The number of carbonyl (C=O) groups is 2. The molecule has 0 spiro atoms. The molecule has 2 saturated heterocycles. The summed E-state index contributed by atoms with van der Waals surface area (Å²) in [4.78, 5) is 27.6. The van der Waals surface area contributed by atoms with Crippen molar-refractivity contribution in [1.29, 1.82) is 0 Å². The lowest BCUT2D eigenvalue weighted by molar-refractivity contribution is -0.148. The molecule has 0 aliphatic carbocycles. The highest BCUT2D eigenvalue weighted by atomic mass is 16.4. The average molecular weight is 282 g/mol. The van der Waals surface area contributed by atoms with E-state index in [9.17, 15) is 14.7 Å². The van der Waals surface area contributed by atoms with Gasteiger partial charge in [0.2, 0.25) is 5.91 Å². The number of aliphatic carboxylic acids is 1. The Labute approximate surface area is 120 Å². The zero-order valence-electron chi connectivity index (χ0n) is 12.6. The fraction of sp³-hybridized carbons (Fsp3) is 0.867. The second kappa shape index (κ2) is 6.12. The van der Waals surface area contributed by atoms with Crippen LogP contribution in [0.2, 0.25) is 0 Å². The molecule has 2 aliphatic rings. The van der Waals surface area contributed by atoms with Gasteiger partial charge in [0.05, 0.1) is 12.0 Å². The summed E-state index contributed by atoms with van der Waals surface area (Å²) in [6.45, 7) is 7.46. The van der Waals surface area contributed by atoms with Crippen LogP contribution in [-0.2, 0) is 9.59 Å². The molecule has 0 aromatic rings. The van der Waals surface area contributed by atoms with Crippen molar-refractivity contribution in [2.75, 3.05) is 32.7 Å². The van der Waals surface area contributed by atoms with E-state index in [1.165, 1.54) is 0 Å². The number of carboxylic acids is 1. The summed E-state index contributed by atoms with van der Waals surface area (Å²) in [7, 11) is 0. The molecule has 0 aromatic heterocycles. The highest BCUT2D eigenvalue weighted by Gasteiger charge is 2.43. The Morgan fingerprint density at radius 2 is 1.90 bits per heavy atom. The van der Waals surface area contributed by atoms with Crippen LogP contribution in [0.15, 0.2) is 0 Å². The summed E-state index contributed by atoms with van der Waals surface area (Å²) in [5.41, 5.74) is -0.642. The van der Waals surface area contributed by atoms with Gasteiger partial charge in [-0.2, -0.15) is 0 Å². The molecular formula is C15H26N2O3. The standard InChI is InChI=1S/C15H26N2O3/c1-3-15(14(19)20)6-9-16(11-15)10-13(18)17-7-4-12(2)5-8-17/h12H,3-11H2,1-2H3,(H,19,20). The van der Waals surface area contributed by atoms with Gasteiger partial charge in [-0.25, -0.2) is 0 Å². The molecule has 2 fully saturated rings. The van der Waals surface area contributed by atoms with E-state index in [-0.39, 0.29) is 5.91 Å². The number of hydrogen-bond acceptors (Lipinski definition) is 3. The smallest absolute Gasteiger partial charge is 0.310 e. The molecular weight excluding hydrogens is 256 g/mol. The van der Waals surface area contributed by atoms with Gasteiger partial charge in [-0.15, -0.1) is 0 Å². The van der Waals surface area contributed by atoms with Crippen LogP contribution in [0.5, 0.6) is 0 Å². The third-order valence-electron chi connectivity index (χ3n) is 5.06. The first-order valence-corrected chi connectivity index (χ1v) is 7.70. The molecule has 1 N–H and O–H groups in total. The maximum absolute atomic E-state index is 12.3. The van der Waals surface area contributed by atoms with Gasteiger partial charge >= 0.3 is 5.97 Å². The van der Waals surface area contributed by atoms with E-state index in [0.717, 1.165) is 32.5 Å². The second-order valence-electron chi connectivity index (χ2n) is 6.46. The zero-order chi connectivity index (χ0) is 14.8. The summed E-state index contributed by atoms with van der Waals surface area (Å²) in [6.07, 6.45) is 3.46. The van der Waals surface area contributed by atoms with Gasteiger partial charge in [0.25, 0.3) is 0 Å². The molecule has 0 aromatic carbocycles. The highest BCUT2D eigenvalue weighted by molar-refractivity contribution is 5.79. The Morgan fingerprint density at radius 1 is 1.25 bits per heavy atom. The lowest BCUT2D eigenvalue weighted by Gasteiger charge is -2.32. The lowest BCUT2D eigenvalue weighted by atomic mass is 9.84. The van der Waals surface area contributed by atoms with Gasteiger partial charge in [-0.1, -0.05) is 13.8 Å². The number of carboxylic acid groups (broad SMARTS) is 1. The van der Waals surface area contributed by atoms with Gasteiger partial charge in [-0.3, -0.25) is 14.5 Å². The molecule has 2 rings (SSSR count). The molecule has 5 nitrogen and oxygen atoms in total. The molecule has 1 atom stereocenters. The Kier molecular flexibility index (Phi) is 4.68. The predicted molar refractivity (Wildman–Crippen MR) is 76.4 cm³/mol. The summed E-state index contributed by atoms with van der Waals surface area (Å²) in [6, 6.07) is 0.